The Morgan fingerprint density at radius 2 is 2.06 bits per heavy atom. The number of esters is 1. The highest BCUT2D eigenvalue weighted by molar-refractivity contribution is 5.94. The van der Waals surface area contributed by atoms with Crippen LogP contribution in [0.4, 0.5) is 0 Å². The normalized spacial score (nSPS) is 35.9. The van der Waals surface area contributed by atoms with Crippen molar-refractivity contribution in [1.82, 2.24) is 0 Å². The number of allylic oxidation sites excluding steroid dienone is 4. The van der Waals surface area contributed by atoms with Gasteiger partial charge in [0, 0.05) is 17.1 Å². The molecule has 3 atom stereocenters. The van der Waals surface area contributed by atoms with Gasteiger partial charge in [-0.3, -0.25) is 0 Å². The molecule has 0 N–H and O–H groups in total. The van der Waals surface area contributed by atoms with Gasteiger partial charge in [0.1, 0.15) is 5.76 Å². The summed E-state index contributed by atoms with van der Waals surface area (Å²) in [6, 6.07) is 0. The van der Waals surface area contributed by atoms with Gasteiger partial charge in [0.2, 0.25) is 0 Å². The highest BCUT2D eigenvalue weighted by atomic mass is 16.5. The fourth-order valence-corrected chi connectivity index (χ4v) is 3.40. The highest BCUT2D eigenvalue weighted by Crippen LogP contribution is 2.48. The molecule has 3 aliphatic rings. The Morgan fingerprint density at radius 1 is 1.29 bits per heavy atom. The summed E-state index contributed by atoms with van der Waals surface area (Å²) < 4.78 is 5.35. The minimum Gasteiger partial charge on any atom is -0.423 e. The van der Waals surface area contributed by atoms with E-state index in [1.54, 1.807) is 0 Å². The van der Waals surface area contributed by atoms with E-state index in [9.17, 15) is 4.79 Å². The molecule has 17 heavy (non-hydrogen) atoms. The second kappa shape index (κ2) is 3.59. The van der Waals surface area contributed by atoms with Crippen molar-refractivity contribution in [3.8, 4) is 0 Å². The molecule has 3 unspecified atom stereocenters. The van der Waals surface area contributed by atoms with Crippen LogP contribution in [0.5, 0.6) is 0 Å². The highest BCUT2D eigenvalue weighted by Gasteiger charge is 2.41. The molecule has 0 radical (unpaired) electrons. The molecular weight excluding hydrogens is 212 g/mol. The van der Waals surface area contributed by atoms with Gasteiger partial charge in [-0.2, -0.15) is 0 Å². The second-order valence-electron chi connectivity index (χ2n) is 5.56. The molecule has 0 aromatic carbocycles. The number of hydrogen-bond donors (Lipinski definition) is 0. The van der Waals surface area contributed by atoms with Gasteiger partial charge in [0.25, 0.3) is 0 Å². The van der Waals surface area contributed by atoms with Gasteiger partial charge >= 0.3 is 5.97 Å². The van der Waals surface area contributed by atoms with Crippen molar-refractivity contribution < 1.29 is 9.53 Å². The lowest BCUT2D eigenvalue weighted by Gasteiger charge is -2.37. The van der Waals surface area contributed by atoms with Gasteiger partial charge in [0.15, 0.2) is 0 Å². The first-order chi connectivity index (χ1) is 8.08. The van der Waals surface area contributed by atoms with E-state index in [4.69, 9.17) is 4.74 Å². The van der Waals surface area contributed by atoms with E-state index in [1.807, 2.05) is 6.92 Å². The standard InChI is InChI=1S/C15H18O2/c1-8-4-5-11-9(2)7-13-14(12(11)6-8)10(3)15(16)17-13/h6-7,9,11-12H,4-5H2,1-3H3. The first-order valence-corrected chi connectivity index (χ1v) is 6.40. The summed E-state index contributed by atoms with van der Waals surface area (Å²) in [6.45, 7) is 6.31. The summed E-state index contributed by atoms with van der Waals surface area (Å²) in [5.41, 5.74) is 3.40. The maximum atomic E-state index is 11.7. The topological polar surface area (TPSA) is 26.3 Å². The summed E-state index contributed by atoms with van der Waals surface area (Å²) in [5.74, 6) is 2.21. The summed E-state index contributed by atoms with van der Waals surface area (Å²) in [6.07, 6.45) is 6.90. The molecule has 1 aliphatic heterocycles. The zero-order chi connectivity index (χ0) is 12.2. The number of fused-ring (bicyclic) bond motifs is 3. The Kier molecular flexibility index (Phi) is 2.29. The molecule has 2 aliphatic carbocycles. The number of carbonyl (C=O) groups is 1. The predicted molar refractivity (Wildman–Crippen MR) is 66.0 cm³/mol. The van der Waals surface area contributed by atoms with Crippen LogP contribution in [0.1, 0.15) is 33.6 Å². The fraction of sp³-hybridized carbons (Fsp3) is 0.533. The Bertz CT molecular complexity index is 479. The monoisotopic (exact) mass is 230 g/mol. The van der Waals surface area contributed by atoms with Crippen LogP contribution in [-0.2, 0) is 9.53 Å². The van der Waals surface area contributed by atoms with Crippen LogP contribution in [0.3, 0.4) is 0 Å². The molecule has 0 saturated carbocycles. The van der Waals surface area contributed by atoms with Crippen molar-refractivity contribution in [3.05, 3.63) is 34.6 Å². The quantitative estimate of drug-likeness (QED) is 0.471. The molecule has 0 fully saturated rings. The summed E-state index contributed by atoms with van der Waals surface area (Å²) in [7, 11) is 0. The van der Waals surface area contributed by atoms with E-state index in [0.29, 0.717) is 17.8 Å². The third-order valence-corrected chi connectivity index (χ3v) is 4.40. The minimum atomic E-state index is -0.157. The SMILES string of the molecule is CC1=CC2C3=C(C)C(=O)OC3=CC(C)C2CC1. The molecule has 1 heterocycles. The minimum absolute atomic E-state index is 0.157. The molecular formula is C15H18O2. The Hall–Kier alpha value is -1.31. The van der Waals surface area contributed by atoms with Crippen molar-refractivity contribution in [2.75, 3.05) is 0 Å². The molecule has 90 valence electrons. The van der Waals surface area contributed by atoms with Crippen molar-refractivity contribution in [3.63, 3.8) is 0 Å². The maximum absolute atomic E-state index is 11.7. The maximum Gasteiger partial charge on any atom is 0.339 e. The van der Waals surface area contributed by atoms with Crippen LogP contribution in [-0.4, -0.2) is 5.97 Å². The fourth-order valence-electron chi connectivity index (χ4n) is 3.40. The molecule has 3 rings (SSSR count). The first kappa shape index (κ1) is 10.8. The van der Waals surface area contributed by atoms with Crippen LogP contribution in [0, 0.1) is 17.8 Å². The van der Waals surface area contributed by atoms with Gasteiger partial charge in [0.05, 0.1) is 0 Å². The average molecular weight is 230 g/mol. The Morgan fingerprint density at radius 3 is 2.82 bits per heavy atom. The lowest BCUT2D eigenvalue weighted by atomic mass is 9.67. The molecule has 0 amide bonds. The number of rotatable bonds is 0. The third kappa shape index (κ3) is 1.50. The van der Waals surface area contributed by atoms with Gasteiger partial charge in [-0.05, 0) is 44.6 Å². The molecule has 0 saturated heterocycles. The van der Waals surface area contributed by atoms with E-state index in [1.165, 1.54) is 18.4 Å². The smallest absolute Gasteiger partial charge is 0.339 e. The van der Waals surface area contributed by atoms with Gasteiger partial charge in [-0.1, -0.05) is 18.6 Å². The van der Waals surface area contributed by atoms with Gasteiger partial charge < -0.3 is 4.74 Å². The van der Waals surface area contributed by atoms with Crippen molar-refractivity contribution >= 4 is 5.97 Å². The largest absolute Gasteiger partial charge is 0.423 e. The molecule has 0 spiro atoms. The summed E-state index contributed by atoms with van der Waals surface area (Å²) in [4.78, 5) is 11.7. The van der Waals surface area contributed by atoms with Crippen molar-refractivity contribution in [2.24, 2.45) is 17.8 Å². The molecule has 0 bridgehead atoms. The van der Waals surface area contributed by atoms with Crippen molar-refractivity contribution in [2.45, 2.75) is 33.6 Å². The van der Waals surface area contributed by atoms with Crippen LogP contribution < -0.4 is 0 Å². The molecule has 0 aromatic rings. The zero-order valence-electron chi connectivity index (χ0n) is 10.6. The molecule has 2 nitrogen and oxygen atoms in total. The van der Waals surface area contributed by atoms with Crippen LogP contribution >= 0.6 is 0 Å². The number of carbonyl (C=O) groups excluding carboxylic acids is 1. The predicted octanol–water partition coefficient (Wildman–Crippen LogP) is 3.37. The van der Waals surface area contributed by atoms with E-state index >= 15 is 0 Å². The number of ether oxygens (including phenoxy) is 1. The van der Waals surface area contributed by atoms with E-state index in [0.717, 1.165) is 16.9 Å². The lowest BCUT2D eigenvalue weighted by Crippen LogP contribution is -2.28. The van der Waals surface area contributed by atoms with Crippen LogP contribution in [0.2, 0.25) is 0 Å². The molecule has 2 heteroatoms. The first-order valence-electron chi connectivity index (χ1n) is 6.40. The van der Waals surface area contributed by atoms with E-state index < -0.39 is 0 Å². The van der Waals surface area contributed by atoms with Gasteiger partial charge in [-0.15, -0.1) is 0 Å². The Balaban J connectivity index is 2.14. The Labute approximate surface area is 102 Å². The zero-order valence-corrected chi connectivity index (χ0v) is 10.6. The van der Waals surface area contributed by atoms with Crippen LogP contribution in [0.15, 0.2) is 34.6 Å². The molecule has 0 aromatic heterocycles. The second-order valence-corrected chi connectivity index (χ2v) is 5.56. The summed E-state index contributed by atoms with van der Waals surface area (Å²) >= 11 is 0. The van der Waals surface area contributed by atoms with E-state index in [2.05, 4.69) is 26.0 Å². The number of hydrogen-bond acceptors (Lipinski definition) is 2. The van der Waals surface area contributed by atoms with Gasteiger partial charge in [-0.25, -0.2) is 4.79 Å². The van der Waals surface area contributed by atoms with Crippen molar-refractivity contribution in [1.29, 1.82) is 0 Å². The lowest BCUT2D eigenvalue weighted by molar-refractivity contribution is -0.133. The van der Waals surface area contributed by atoms with Crippen LogP contribution in [0.25, 0.3) is 0 Å². The third-order valence-electron chi connectivity index (χ3n) is 4.40. The summed E-state index contributed by atoms with van der Waals surface area (Å²) in [5, 5.41) is 0. The van der Waals surface area contributed by atoms with E-state index in [-0.39, 0.29) is 5.97 Å². The average Bonchev–Trinajstić information content (AvgIpc) is 2.54.